The van der Waals surface area contributed by atoms with Crippen molar-refractivity contribution >= 4 is 27.3 Å². The fraction of sp³-hybridized carbons (Fsp3) is 0.333. The third kappa shape index (κ3) is 5.05. The van der Waals surface area contributed by atoms with Gasteiger partial charge in [0.25, 0.3) is 10.0 Å². The van der Waals surface area contributed by atoms with Crippen molar-refractivity contribution in [2.45, 2.75) is 37.1 Å². The highest BCUT2D eigenvalue weighted by Crippen LogP contribution is 2.23. The maximum atomic E-state index is 12.6. The number of carbonyl (C=O) groups excluding carboxylic acids is 1. The third-order valence-corrected chi connectivity index (χ3v) is 7.03. The van der Waals surface area contributed by atoms with Crippen molar-refractivity contribution < 1.29 is 17.7 Å². The van der Waals surface area contributed by atoms with Crippen LogP contribution < -0.4 is 10.0 Å². The van der Waals surface area contributed by atoms with Gasteiger partial charge in [0.15, 0.2) is 0 Å². The maximum absolute atomic E-state index is 12.6. The molecule has 0 saturated carbocycles. The predicted octanol–water partition coefficient (Wildman–Crippen LogP) is 2.37. The van der Waals surface area contributed by atoms with Crippen LogP contribution in [0.15, 0.2) is 50.8 Å². The van der Waals surface area contributed by atoms with Crippen LogP contribution in [0.3, 0.4) is 0 Å². The summed E-state index contributed by atoms with van der Waals surface area (Å²) in [7, 11) is -3.76. The molecule has 3 heterocycles. The molecule has 0 spiro atoms. The molecule has 3 rings (SSSR count). The van der Waals surface area contributed by atoms with Gasteiger partial charge in [-0.1, -0.05) is 25.1 Å². The number of thiophene rings is 1. The van der Waals surface area contributed by atoms with E-state index in [0.29, 0.717) is 5.82 Å². The van der Waals surface area contributed by atoms with Crippen molar-refractivity contribution in [1.29, 1.82) is 0 Å². The highest BCUT2D eigenvalue weighted by Gasteiger charge is 2.29. The molecule has 1 amide bonds. The number of amides is 1. The topological polar surface area (TPSA) is 127 Å². The number of aromatic nitrogens is 3. The van der Waals surface area contributed by atoms with Gasteiger partial charge in [-0.3, -0.25) is 9.78 Å². The highest BCUT2D eigenvalue weighted by molar-refractivity contribution is 7.91. The van der Waals surface area contributed by atoms with E-state index in [4.69, 9.17) is 4.52 Å². The summed E-state index contributed by atoms with van der Waals surface area (Å²) in [5.74, 6) is 0.0699. The van der Waals surface area contributed by atoms with Crippen LogP contribution >= 0.6 is 11.3 Å². The van der Waals surface area contributed by atoms with Gasteiger partial charge in [-0.25, -0.2) is 8.42 Å². The first-order valence-corrected chi connectivity index (χ1v) is 11.2. The molecule has 0 radical (unpaired) electrons. The number of rotatable bonds is 8. The molecule has 0 saturated heterocycles. The fourth-order valence-electron chi connectivity index (χ4n) is 2.53. The standard InChI is InChI=1S/C18H21N5O4S2/c1-11(2)15(18-21-16(22-27-18)13-6-8-19-9-7-13)20-17(24)12(3)23-29(25,26)14-5-4-10-28-14/h4-12,15,23H,1-3H3,(H,20,24). The van der Waals surface area contributed by atoms with Crippen LogP contribution in [0.4, 0.5) is 0 Å². The summed E-state index contributed by atoms with van der Waals surface area (Å²) < 4.78 is 32.5. The number of hydrogen-bond acceptors (Lipinski definition) is 8. The number of carbonyl (C=O) groups is 1. The molecule has 0 aliphatic heterocycles. The summed E-state index contributed by atoms with van der Waals surface area (Å²) >= 11 is 1.08. The van der Waals surface area contributed by atoms with Crippen molar-refractivity contribution in [1.82, 2.24) is 25.2 Å². The lowest BCUT2D eigenvalue weighted by Crippen LogP contribution is -2.46. The Morgan fingerprint density at radius 1 is 1.17 bits per heavy atom. The maximum Gasteiger partial charge on any atom is 0.250 e. The summed E-state index contributed by atoms with van der Waals surface area (Å²) in [6.45, 7) is 5.26. The second kappa shape index (κ2) is 8.80. The zero-order chi connectivity index (χ0) is 21.0. The molecular weight excluding hydrogens is 414 g/mol. The summed E-state index contributed by atoms with van der Waals surface area (Å²) in [4.78, 5) is 20.9. The first-order chi connectivity index (χ1) is 13.8. The summed E-state index contributed by atoms with van der Waals surface area (Å²) in [5.41, 5.74) is 0.737. The molecule has 154 valence electrons. The minimum Gasteiger partial charge on any atom is -0.343 e. The molecular formula is C18H21N5O4S2. The largest absolute Gasteiger partial charge is 0.343 e. The van der Waals surface area contributed by atoms with Crippen LogP contribution in [0.1, 0.15) is 32.7 Å². The van der Waals surface area contributed by atoms with Gasteiger partial charge in [0.2, 0.25) is 17.6 Å². The highest BCUT2D eigenvalue weighted by atomic mass is 32.2. The van der Waals surface area contributed by atoms with E-state index in [1.807, 2.05) is 13.8 Å². The number of sulfonamides is 1. The lowest BCUT2D eigenvalue weighted by molar-refractivity contribution is -0.123. The average molecular weight is 436 g/mol. The zero-order valence-electron chi connectivity index (χ0n) is 16.1. The second-order valence-corrected chi connectivity index (χ2v) is 9.59. The van der Waals surface area contributed by atoms with Crippen molar-refractivity contribution in [3.8, 4) is 11.4 Å². The van der Waals surface area contributed by atoms with Crippen molar-refractivity contribution in [2.24, 2.45) is 5.92 Å². The number of nitrogens with zero attached hydrogens (tertiary/aromatic N) is 3. The van der Waals surface area contributed by atoms with E-state index in [0.717, 1.165) is 16.9 Å². The van der Waals surface area contributed by atoms with Crippen LogP contribution in [0.25, 0.3) is 11.4 Å². The van der Waals surface area contributed by atoms with Crippen LogP contribution in [-0.2, 0) is 14.8 Å². The molecule has 2 atom stereocenters. The smallest absolute Gasteiger partial charge is 0.250 e. The van der Waals surface area contributed by atoms with E-state index in [2.05, 4.69) is 25.2 Å². The molecule has 0 aromatic carbocycles. The van der Waals surface area contributed by atoms with Gasteiger partial charge >= 0.3 is 0 Å². The molecule has 0 aliphatic carbocycles. The van der Waals surface area contributed by atoms with E-state index in [1.54, 1.807) is 36.0 Å². The lowest BCUT2D eigenvalue weighted by atomic mass is 10.0. The fourth-order valence-corrected chi connectivity index (χ4v) is 4.74. The Kier molecular flexibility index (Phi) is 6.40. The Hall–Kier alpha value is -2.63. The molecule has 3 aromatic rings. The molecule has 11 heteroatoms. The minimum atomic E-state index is -3.76. The first-order valence-electron chi connectivity index (χ1n) is 8.88. The molecule has 2 N–H and O–H groups in total. The Labute approximate surface area is 172 Å². The quantitative estimate of drug-likeness (QED) is 0.556. The molecule has 0 aliphatic rings. The van der Waals surface area contributed by atoms with E-state index < -0.39 is 28.0 Å². The Morgan fingerprint density at radius 3 is 2.52 bits per heavy atom. The average Bonchev–Trinajstić information content (AvgIpc) is 3.38. The van der Waals surface area contributed by atoms with Crippen molar-refractivity contribution in [2.75, 3.05) is 0 Å². The molecule has 0 fully saturated rings. The van der Waals surface area contributed by atoms with Gasteiger partial charge in [0.1, 0.15) is 10.3 Å². The van der Waals surface area contributed by atoms with Gasteiger partial charge in [-0.2, -0.15) is 9.71 Å². The first kappa shape index (κ1) is 21.1. The molecule has 3 aromatic heterocycles. The van der Waals surface area contributed by atoms with Crippen LogP contribution in [0.5, 0.6) is 0 Å². The van der Waals surface area contributed by atoms with Gasteiger partial charge < -0.3 is 9.84 Å². The van der Waals surface area contributed by atoms with Gasteiger partial charge in [0, 0.05) is 18.0 Å². The molecule has 2 unspecified atom stereocenters. The summed E-state index contributed by atoms with van der Waals surface area (Å²) in [6, 6.07) is 5.06. The number of nitrogens with one attached hydrogen (secondary N) is 2. The Balaban J connectivity index is 1.72. The van der Waals surface area contributed by atoms with Crippen molar-refractivity contribution in [3.05, 3.63) is 47.9 Å². The van der Waals surface area contributed by atoms with Crippen molar-refractivity contribution in [3.63, 3.8) is 0 Å². The van der Waals surface area contributed by atoms with Gasteiger partial charge in [-0.15, -0.1) is 11.3 Å². The van der Waals surface area contributed by atoms with Crippen LogP contribution in [0.2, 0.25) is 0 Å². The van der Waals surface area contributed by atoms with E-state index >= 15 is 0 Å². The van der Waals surface area contributed by atoms with E-state index in [9.17, 15) is 13.2 Å². The zero-order valence-corrected chi connectivity index (χ0v) is 17.7. The third-order valence-electron chi connectivity index (χ3n) is 4.10. The number of pyridine rings is 1. The second-order valence-electron chi connectivity index (χ2n) is 6.70. The molecule has 9 nitrogen and oxygen atoms in total. The van der Waals surface area contributed by atoms with Crippen LogP contribution in [-0.4, -0.2) is 35.5 Å². The summed E-state index contributed by atoms with van der Waals surface area (Å²) in [5, 5.41) is 8.41. The monoisotopic (exact) mass is 435 g/mol. The molecule has 29 heavy (non-hydrogen) atoms. The van der Waals surface area contributed by atoms with E-state index in [1.165, 1.54) is 13.0 Å². The van der Waals surface area contributed by atoms with Gasteiger partial charge in [-0.05, 0) is 36.4 Å². The SMILES string of the molecule is CC(NS(=O)(=O)c1cccs1)C(=O)NC(c1nc(-c2ccncc2)no1)C(C)C. The van der Waals surface area contributed by atoms with Crippen LogP contribution in [0, 0.1) is 5.92 Å². The van der Waals surface area contributed by atoms with Gasteiger partial charge in [0.05, 0.1) is 6.04 Å². The molecule has 0 bridgehead atoms. The normalized spacial score (nSPS) is 13.9. The number of hydrogen-bond donors (Lipinski definition) is 2. The summed E-state index contributed by atoms with van der Waals surface area (Å²) in [6.07, 6.45) is 3.24. The Bertz CT molecular complexity index is 1050. The minimum absolute atomic E-state index is 0.0641. The Morgan fingerprint density at radius 2 is 1.90 bits per heavy atom. The lowest BCUT2D eigenvalue weighted by Gasteiger charge is -2.21. The predicted molar refractivity (Wildman–Crippen MR) is 107 cm³/mol. The van der Waals surface area contributed by atoms with E-state index in [-0.39, 0.29) is 16.0 Å².